The summed E-state index contributed by atoms with van der Waals surface area (Å²) in [6.07, 6.45) is 0.0877. The van der Waals surface area contributed by atoms with Crippen molar-refractivity contribution < 1.29 is 14.7 Å². The van der Waals surface area contributed by atoms with E-state index in [1.165, 1.54) is 0 Å². The summed E-state index contributed by atoms with van der Waals surface area (Å²) in [6.45, 7) is 1.62. The van der Waals surface area contributed by atoms with Gasteiger partial charge in [0.05, 0.1) is 6.07 Å². The Kier molecular flexibility index (Phi) is 4.88. The summed E-state index contributed by atoms with van der Waals surface area (Å²) in [5.41, 5.74) is 0.397. The molecule has 0 aliphatic carbocycles. The monoisotopic (exact) mass is 246 g/mol. The first kappa shape index (κ1) is 13.7. The lowest BCUT2D eigenvalue weighted by Gasteiger charge is -2.15. The second-order valence-electron chi connectivity index (χ2n) is 4.00. The number of hydrogen-bond acceptors (Lipinski definition) is 3. The maximum absolute atomic E-state index is 11.8. The predicted molar refractivity (Wildman–Crippen MR) is 64.7 cm³/mol. The number of nitrogens with zero attached hydrogens (tertiary/aromatic N) is 1. The summed E-state index contributed by atoms with van der Waals surface area (Å²) in [4.78, 5) is 22.8. The van der Waals surface area contributed by atoms with Crippen molar-refractivity contribution in [1.29, 1.82) is 5.26 Å². The number of carbonyl (C=O) groups excluding carboxylic acids is 1. The SMILES string of the molecule is C[C@@H](C#N)C[C@@H](NC(=O)c1ccccc1)C(=O)O. The number of benzene rings is 1. The number of nitrogens with one attached hydrogen (secondary N) is 1. The minimum atomic E-state index is -1.14. The van der Waals surface area contributed by atoms with E-state index in [1.807, 2.05) is 6.07 Å². The maximum Gasteiger partial charge on any atom is 0.326 e. The van der Waals surface area contributed by atoms with Crippen LogP contribution in [0.1, 0.15) is 23.7 Å². The Hall–Kier alpha value is -2.35. The zero-order valence-electron chi connectivity index (χ0n) is 9.96. The average molecular weight is 246 g/mol. The Labute approximate surface area is 105 Å². The molecule has 0 aliphatic rings. The quantitative estimate of drug-likeness (QED) is 0.822. The third-order valence-electron chi connectivity index (χ3n) is 2.45. The van der Waals surface area contributed by atoms with E-state index in [0.29, 0.717) is 5.56 Å². The van der Waals surface area contributed by atoms with E-state index in [9.17, 15) is 9.59 Å². The minimum Gasteiger partial charge on any atom is -0.480 e. The molecule has 0 saturated carbocycles. The first-order valence-corrected chi connectivity index (χ1v) is 5.53. The summed E-state index contributed by atoms with van der Waals surface area (Å²) in [5.74, 6) is -2.02. The molecule has 2 N–H and O–H groups in total. The van der Waals surface area contributed by atoms with Gasteiger partial charge in [0.2, 0.25) is 0 Å². The van der Waals surface area contributed by atoms with E-state index in [4.69, 9.17) is 10.4 Å². The van der Waals surface area contributed by atoms with E-state index < -0.39 is 23.8 Å². The first-order chi connectivity index (χ1) is 8.54. The summed E-state index contributed by atoms with van der Waals surface area (Å²) in [7, 11) is 0. The molecule has 1 amide bonds. The second kappa shape index (κ2) is 6.40. The topological polar surface area (TPSA) is 90.2 Å². The first-order valence-electron chi connectivity index (χ1n) is 5.53. The average Bonchev–Trinajstić information content (AvgIpc) is 2.38. The van der Waals surface area contributed by atoms with Gasteiger partial charge in [0.25, 0.3) is 5.91 Å². The van der Waals surface area contributed by atoms with E-state index in [2.05, 4.69) is 5.32 Å². The van der Waals surface area contributed by atoms with Crippen LogP contribution in [0.3, 0.4) is 0 Å². The molecule has 1 rings (SSSR count). The van der Waals surface area contributed by atoms with Crippen LogP contribution in [-0.2, 0) is 4.79 Å². The third-order valence-corrected chi connectivity index (χ3v) is 2.45. The number of carbonyl (C=O) groups is 2. The second-order valence-corrected chi connectivity index (χ2v) is 4.00. The van der Waals surface area contributed by atoms with Gasteiger partial charge in [-0.1, -0.05) is 18.2 Å². The normalized spacial score (nSPS) is 13.1. The molecule has 5 nitrogen and oxygen atoms in total. The molecule has 0 radical (unpaired) electrons. The van der Waals surface area contributed by atoms with Gasteiger partial charge < -0.3 is 10.4 Å². The number of carboxylic acids is 1. The Bertz CT molecular complexity index is 465. The fourth-order valence-corrected chi connectivity index (χ4v) is 1.46. The van der Waals surface area contributed by atoms with Gasteiger partial charge in [-0.25, -0.2) is 4.79 Å². The van der Waals surface area contributed by atoms with Crippen molar-refractivity contribution in [2.24, 2.45) is 5.92 Å². The van der Waals surface area contributed by atoms with Crippen molar-refractivity contribution in [2.75, 3.05) is 0 Å². The van der Waals surface area contributed by atoms with Crippen LogP contribution in [0, 0.1) is 17.2 Å². The molecule has 0 bridgehead atoms. The number of rotatable bonds is 5. The van der Waals surface area contributed by atoms with Crippen LogP contribution in [0.25, 0.3) is 0 Å². The van der Waals surface area contributed by atoms with Crippen LogP contribution >= 0.6 is 0 Å². The summed E-state index contributed by atoms with van der Waals surface area (Å²) in [5, 5.41) is 20.1. The van der Waals surface area contributed by atoms with Gasteiger partial charge in [0, 0.05) is 11.5 Å². The largest absolute Gasteiger partial charge is 0.480 e. The molecule has 0 saturated heterocycles. The highest BCUT2D eigenvalue weighted by Crippen LogP contribution is 2.07. The Morgan fingerprint density at radius 2 is 2.00 bits per heavy atom. The van der Waals surface area contributed by atoms with Crippen molar-refractivity contribution in [1.82, 2.24) is 5.32 Å². The molecule has 0 aliphatic heterocycles. The fraction of sp³-hybridized carbons (Fsp3) is 0.308. The number of carboxylic acid groups (broad SMARTS) is 1. The molecule has 1 aromatic rings. The third kappa shape index (κ3) is 3.91. The predicted octanol–water partition coefficient (Wildman–Crippen LogP) is 1.42. The highest BCUT2D eigenvalue weighted by molar-refractivity contribution is 5.96. The molecule has 0 heterocycles. The minimum absolute atomic E-state index is 0.0877. The van der Waals surface area contributed by atoms with Gasteiger partial charge in [0.15, 0.2) is 0 Å². The van der Waals surface area contributed by atoms with Gasteiger partial charge in [-0.05, 0) is 25.5 Å². The molecule has 18 heavy (non-hydrogen) atoms. The van der Waals surface area contributed by atoms with Crippen LogP contribution in [0.5, 0.6) is 0 Å². The van der Waals surface area contributed by atoms with Crippen molar-refractivity contribution in [3.63, 3.8) is 0 Å². The van der Waals surface area contributed by atoms with E-state index >= 15 is 0 Å². The lowest BCUT2D eigenvalue weighted by atomic mass is 10.0. The van der Waals surface area contributed by atoms with Gasteiger partial charge in [-0.15, -0.1) is 0 Å². The number of amides is 1. The molecule has 94 valence electrons. The van der Waals surface area contributed by atoms with E-state index in [-0.39, 0.29) is 6.42 Å². The van der Waals surface area contributed by atoms with Crippen LogP contribution in [-0.4, -0.2) is 23.0 Å². The Morgan fingerprint density at radius 3 is 2.50 bits per heavy atom. The number of nitriles is 1. The zero-order valence-corrected chi connectivity index (χ0v) is 9.96. The zero-order chi connectivity index (χ0) is 13.5. The molecule has 2 atom stereocenters. The molecule has 0 fully saturated rings. The molecule has 0 spiro atoms. The van der Waals surface area contributed by atoms with E-state index in [1.54, 1.807) is 37.3 Å². The van der Waals surface area contributed by atoms with Crippen LogP contribution in [0.2, 0.25) is 0 Å². The fourth-order valence-electron chi connectivity index (χ4n) is 1.46. The Balaban J connectivity index is 2.71. The van der Waals surface area contributed by atoms with Crippen LogP contribution < -0.4 is 5.32 Å². The summed E-state index contributed by atoms with van der Waals surface area (Å²) < 4.78 is 0. The lowest BCUT2D eigenvalue weighted by Crippen LogP contribution is -2.41. The molecular formula is C13H14N2O3. The van der Waals surface area contributed by atoms with Crippen LogP contribution in [0.15, 0.2) is 30.3 Å². The molecule has 0 aromatic heterocycles. The van der Waals surface area contributed by atoms with Gasteiger partial charge in [-0.2, -0.15) is 5.26 Å². The summed E-state index contributed by atoms with van der Waals surface area (Å²) >= 11 is 0. The Morgan fingerprint density at radius 1 is 1.39 bits per heavy atom. The van der Waals surface area contributed by atoms with Crippen molar-refractivity contribution in [3.05, 3.63) is 35.9 Å². The standard InChI is InChI=1S/C13H14N2O3/c1-9(8-14)7-11(13(17)18)15-12(16)10-5-3-2-4-6-10/h2-6,9,11H,7H2,1H3,(H,15,16)(H,17,18)/t9-,11-/m1/s1. The van der Waals surface area contributed by atoms with Gasteiger partial charge in [0.1, 0.15) is 6.04 Å². The van der Waals surface area contributed by atoms with Gasteiger partial charge >= 0.3 is 5.97 Å². The molecule has 0 unspecified atom stereocenters. The highest BCUT2D eigenvalue weighted by atomic mass is 16.4. The molecular weight excluding hydrogens is 232 g/mol. The van der Waals surface area contributed by atoms with Crippen LogP contribution in [0.4, 0.5) is 0 Å². The van der Waals surface area contributed by atoms with Crippen molar-refractivity contribution in [2.45, 2.75) is 19.4 Å². The van der Waals surface area contributed by atoms with Gasteiger partial charge in [-0.3, -0.25) is 4.79 Å². The number of hydrogen-bond donors (Lipinski definition) is 2. The highest BCUT2D eigenvalue weighted by Gasteiger charge is 2.22. The summed E-state index contributed by atoms with van der Waals surface area (Å²) in [6, 6.07) is 9.26. The maximum atomic E-state index is 11.8. The van der Waals surface area contributed by atoms with E-state index in [0.717, 1.165) is 0 Å². The van der Waals surface area contributed by atoms with Crippen molar-refractivity contribution >= 4 is 11.9 Å². The smallest absolute Gasteiger partial charge is 0.326 e. The van der Waals surface area contributed by atoms with Crippen molar-refractivity contribution in [3.8, 4) is 6.07 Å². The lowest BCUT2D eigenvalue weighted by molar-refractivity contribution is -0.139. The number of aliphatic carboxylic acids is 1. The molecule has 1 aromatic carbocycles. The molecule has 5 heteroatoms.